The van der Waals surface area contributed by atoms with E-state index in [1.807, 2.05) is 0 Å². The SMILES string of the molecule is C#Cc1ccc(C(C)OC(=O)Nc2ccc(-c3ncn(-c4ccc(OC(F)(F)F)cc4)n3)cc2)cc1. The van der Waals surface area contributed by atoms with Crippen LogP contribution in [-0.2, 0) is 4.74 Å². The van der Waals surface area contributed by atoms with E-state index in [0.29, 0.717) is 22.8 Å². The van der Waals surface area contributed by atoms with E-state index in [1.54, 1.807) is 55.5 Å². The summed E-state index contributed by atoms with van der Waals surface area (Å²) in [5, 5.41) is 7.01. The summed E-state index contributed by atoms with van der Waals surface area (Å²) in [7, 11) is 0. The van der Waals surface area contributed by atoms with Crippen molar-refractivity contribution in [1.82, 2.24) is 14.8 Å². The molecule has 0 saturated carbocycles. The zero-order valence-corrected chi connectivity index (χ0v) is 18.9. The Morgan fingerprint density at radius 1 is 1.03 bits per heavy atom. The van der Waals surface area contributed by atoms with Crippen molar-refractivity contribution in [2.75, 3.05) is 5.32 Å². The maximum Gasteiger partial charge on any atom is 0.573 e. The minimum atomic E-state index is -4.76. The van der Waals surface area contributed by atoms with E-state index in [4.69, 9.17) is 11.2 Å². The van der Waals surface area contributed by atoms with Crippen LogP contribution in [0.1, 0.15) is 24.2 Å². The molecule has 0 aliphatic heterocycles. The van der Waals surface area contributed by atoms with Crippen LogP contribution in [0, 0.1) is 12.3 Å². The molecule has 1 atom stereocenters. The summed E-state index contributed by atoms with van der Waals surface area (Å²) in [4.78, 5) is 16.5. The van der Waals surface area contributed by atoms with Crippen molar-refractivity contribution in [1.29, 1.82) is 0 Å². The molecule has 10 heteroatoms. The van der Waals surface area contributed by atoms with Crippen molar-refractivity contribution in [3.05, 3.63) is 90.3 Å². The molecule has 36 heavy (non-hydrogen) atoms. The molecule has 1 heterocycles. The number of alkyl halides is 3. The Labute approximate surface area is 204 Å². The molecule has 182 valence electrons. The van der Waals surface area contributed by atoms with Crippen LogP contribution in [0.5, 0.6) is 5.75 Å². The summed E-state index contributed by atoms with van der Waals surface area (Å²) in [5.74, 6) is 2.60. The van der Waals surface area contributed by atoms with Gasteiger partial charge in [-0.3, -0.25) is 5.32 Å². The Balaban J connectivity index is 1.36. The fourth-order valence-electron chi connectivity index (χ4n) is 3.25. The topological polar surface area (TPSA) is 78.3 Å². The molecule has 0 aliphatic rings. The van der Waals surface area contributed by atoms with Crippen LogP contribution in [-0.4, -0.2) is 27.2 Å². The summed E-state index contributed by atoms with van der Waals surface area (Å²) in [5.41, 5.74) is 3.24. The maximum atomic E-state index is 12.3. The van der Waals surface area contributed by atoms with Gasteiger partial charge in [0.15, 0.2) is 5.82 Å². The lowest BCUT2D eigenvalue weighted by atomic mass is 10.1. The van der Waals surface area contributed by atoms with Crippen molar-refractivity contribution in [2.24, 2.45) is 0 Å². The number of amides is 1. The molecule has 0 spiro atoms. The van der Waals surface area contributed by atoms with Crippen LogP contribution in [0.15, 0.2) is 79.1 Å². The molecule has 4 rings (SSSR count). The molecule has 3 aromatic carbocycles. The normalized spacial score (nSPS) is 11.9. The van der Waals surface area contributed by atoms with Crippen molar-refractivity contribution in [3.63, 3.8) is 0 Å². The average molecular weight is 492 g/mol. The smallest absolute Gasteiger partial charge is 0.441 e. The van der Waals surface area contributed by atoms with Crippen LogP contribution < -0.4 is 10.1 Å². The highest BCUT2D eigenvalue weighted by Gasteiger charge is 2.31. The second-order valence-electron chi connectivity index (χ2n) is 7.57. The zero-order chi connectivity index (χ0) is 25.7. The van der Waals surface area contributed by atoms with E-state index >= 15 is 0 Å². The highest BCUT2D eigenvalue weighted by atomic mass is 19.4. The Hall–Kier alpha value is -4.78. The largest absolute Gasteiger partial charge is 0.573 e. The number of carbonyl (C=O) groups excluding carboxylic acids is 1. The molecule has 0 aliphatic carbocycles. The minimum Gasteiger partial charge on any atom is -0.441 e. The number of halogens is 3. The molecule has 0 saturated heterocycles. The summed E-state index contributed by atoms with van der Waals surface area (Å²) < 4.78 is 47.7. The molecule has 7 nitrogen and oxygen atoms in total. The van der Waals surface area contributed by atoms with E-state index in [1.165, 1.54) is 35.3 Å². The third-order valence-electron chi connectivity index (χ3n) is 5.05. The fraction of sp³-hybridized carbons (Fsp3) is 0.115. The molecule has 4 aromatic rings. The first kappa shape index (κ1) is 24.3. The Kier molecular flexibility index (Phi) is 6.92. The van der Waals surface area contributed by atoms with Gasteiger partial charge in [0.05, 0.1) is 5.69 Å². The number of anilines is 1. The number of hydrogen-bond donors (Lipinski definition) is 1. The van der Waals surface area contributed by atoms with Crippen LogP contribution in [0.25, 0.3) is 17.1 Å². The maximum absolute atomic E-state index is 12.3. The molecule has 1 unspecified atom stereocenters. The summed E-state index contributed by atoms with van der Waals surface area (Å²) in [6.45, 7) is 1.76. The quantitative estimate of drug-likeness (QED) is 0.328. The number of hydrogen-bond acceptors (Lipinski definition) is 5. The van der Waals surface area contributed by atoms with Crippen molar-refractivity contribution < 1.29 is 27.4 Å². The van der Waals surface area contributed by atoms with Crippen LogP contribution in [0.2, 0.25) is 0 Å². The molecule has 0 radical (unpaired) electrons. The monoisotopic (exact) mass is 492 g/mol. The van der Waals surface area contributed by atoms with Crippen molar-refractivity contribution >= 4 is 11.8 Å². The van der Waals surface area contributed by atoms with E-state index in [2.05, 4.69) is 26.1 Å². The van der Waals surface area contributed by atoms with Gasteiger partial charge in [0, 0.05) is 16.8 Å². The first-order chi connectivity index (χ1) is 17.2. The lowest BCUT2D eigenvalue weighted by Crippen LogP contribution is -2.17. The highest BCUT2D eigenvalue weighted by Crippen LogP contribution is 2.24. The van der Waals surface area contributed by atoms with E-state index in [9.17, 15) is 18.0 Å². The van der Waals surface area contributed by atoms with Gasteiger partial charge >= 0.3 is 12.5 Å². The van der Waals surface area contributed by atoms with Gasteiger partial charge < -0.3 is 9.47 Å². The summed E-state index contributed by atoms with van der Waals surface area (Å²) >= 11 is 0. The first-order valence-electron chi connectivity index (χ1n) is 10.6. The second kappa shape index (κ2) is 10.2. The second-order valence-corrected chi connectivity index (χ2v) is 7.57. The predicted octanol–water partition coefficient (Wildman–Crippen LogP) is 6.12. The molecule has 1 amide bonds. The molecular formula is C26H19F3N4O3. The van der Waals surface area contributed by atoms with Crippen molar-refractivity contribution in [2.45, 2.75) is 19.4 Å². The molecule has 0 bridgehead atoms. The van der Waals surface area contributed by atoms with Crippen LogP contribution in [0.4, 0.5) is 23.7 Å². The number of aromatic nitrogens is 3. The zero-order valence-electron chi connectivity index (χ0n) is 18.9. The highest BCUT2D eigenvalue weighted by molar-refractivity contribution is 5.85. The van der Waals surface area contributed by atoms with Gasteiger partial charge in [0.25, 0.3) is 0 Å². The lowest BCUT2D eigenvalue weighted by Gasteiger charge is -2.14. The number of terminal acetylenes is 1. The van der Waals surface area contributed by atoms with Gasteiger partial charge in [-0.2, -0.15) is 0 Å². The third-order valence-corrected chi connectivity index (χ3v) is 5.05. The van der Waals surface area contributed by atoms with Gasteiger partial charge in [-0.25, -0.2) is 14.5 Å². The van der Waals surface area contributed by atoms with E-state index in [0.717, 1.165) is 11.1 Å². The Morgan fingerprint density at radius 2 is 1.69 bits per heavy atom. The summed E-state index contributed by atoms with van der Waals surface area (Å²) in [6.07, 6.45) is 0.945. The lowest BCUT2D eigenvalue weighted by molar-refractivity contribution is -0.274. The van der Waals surface area contributed by atoms with E-state index in [-0.39, 0.29) is 5.75 Å². The van der Waals surface area contributed by atoms with Crippen molar-refractivity contribution in [3.8, 4) is 35.2 Å². The minimum absolute atomic E-state index is 0.329. The Bertz CT molecular complexity index is 1370. The number of carbonyl (C=O) groups is 1. The third kappa shape index (κ3) is 6.21. The molecular weight excluding hydrogens is 473 g/mol. The first-order valence-corrected chi connectivity index (χ1v) is 10.6. The fourth-order valence-corrected chi connectivity index (χ4v) is 3.25. The van der Waals surface area contributed by atoms with Gasteiger partial charge in [-0.05, 0) is 73.2 Å². The molecule has 0 fully saturated rings. The number of nitrogens with zero attached hydrogens (tertiary/aromatic N) is 3. The van der Waals surface area contributed by atoms with Gasteiger partial charge in [0.2, 0.25) is 0 Å². The predicted molar refractivity (Wildman–Crippen MR) is 126 cm³/mol. The number of benzene rings is 3. The number of nitrogens with one attached hydrogen (secondary N) is 1. The number of rotatable bonds is 6. The molecule has 1 N–H and O–H groups in total. The molecule has 1 aromatic heterocycles. The van der Waals surface area contributed by atoms with Crippen LogP contribution >= 0.6 is 0 Å². The van der Waals surface area contributed by atoms with Gasteiger partial charge in [-0.15, -0.1) is 24.7 Å². The van der Waals surface area contributed by atoms with Gasteiger partial charge in [-0.1, -0.05) is 18.1 Å². The van der Waals surface area contributed by atoms with Crippen LogP contribution in [0.3, 0.4) is 0 Å². The van der Waals surface area contributed by atoms with Gasteiger partial charge in [0.1, 0.15) is 18.2 Å². The Morgan fingerprint density at radius 3 is 2.31 bits per heavy atom. The van der Waals surface area contributed by atoms with E-state index < -0.39 is 18.6 Å². The average Bonchev–Trinajstić information content (AvgIpc) is 3.34. The standard InChI is InChI=1S/C26H19F3N4O3/c1-3-18-4-6-19(7-5-18)17(2)35-25(34)31-21-10-8-20(9-11-21)24-30-16-33(32-24)22-12-14-23(15-13-22)36-26(27,28)29/h1,4-17H,2H3,(H,31,34). The number of ether oxygens (including phenoxy) is 2. The summed E-state index contributed by atoms with van der Waals surface area (Å²) in [6, 6.07) is 19.2.